The molecule has 0 aromatic heterocycles. The highest BCUT2D eigenvalue weighted by Gasteiger charge is 2.09. The highest BCUT2D eigenvalue weighted by Crippen LogP contribution is 2.21. The van der Waals surface area contributed by atoms with Gasteiger partial charge in [-0.05, 0) is 18.6 Å². The van der Waals surface area contributed by atoms with Gasteiger partial charge in [-0.3, -0.25) is 4.79 Å². The third-order valence-corrected chi connectivity index (χ3v) is 2.58. The van der Waals surface area contributed by atoms with Crippen LogP contribution in [0.3, 0.4) is 0 Å². The zero-order chi connectivity index (χ0) is 13.5. The van der Waals surface area contributed by atoms with Crippen LogP contribution in [0.15, 0.2) is 24.3 Å². The summed E-state index contributed by atoms with van der Waals surface area (Å²) >= 11 is 5.95. The molecule has 18 heavy (non-hydrogen) atoms. The Balaban J connectivity index is 2.74. The second kappa shape index (κ2) is 6.81. The van der Waals surface area contributed by atoms with Crippen molar-refractivity contribution in [3.05, 3.63) is 40.4 Å². The first-order valence-electron chi connectivity index (χ1n) is 5.45. The van der Waals surface area contributed by atoms with E-state index in [9.17, 15) is 9.59 Å². The number of carbonyl (C=O) groups is 2. The molecule has 1 rings (SSSR count). The van der Waals surface area contributed by atoms with Crippen LogP contribution in [-0.4, -0.2) is 23.5 Å². The van der Waals surface area contributed by atoms with Gasteiger partial charge in [-0.1, -0.05) is 29.8 Å². The molecule has 0 aliphatic rings. The van der Waals surface area contributed by atoms with Crippen LogP contribution < -0.4 is 5.32 Å². The molecule has 96 valence electrons. The van der Waals surface area contributed by atoms with Gasteiger partial charge >= 0.3 is 5.97 Å². The summed E-state index contributed by atoms with van der Waals surface area (Å²) in [5, 5.41) is 12.1. The standard InChI is InChI=1S/C13H14ClNO3/c1-9(16)15-8-3-2-5-10-11(13(17)18)6-4-7-12(10)14/h2,4-7H,3,8H2,1H3,(H,15,16)(H,17,18). The summed E-state index contributed by atoms with van der Waals surface area (Å²) in [5.41, 5.74) is 0.646. The van der Waals surface area contributed by atoms with Crippen LogP contribution >= 0.6 is 11.6 Å². The zero-order valence-corrected chi connectivity index (χ0v) is 10.7. The van der Waals surface area contributed by atoms with Crippen molar-refractivity contribution in [2.24, 2.45) is 0 Å². The zero-order valence-electron chi connectivity index (χ0n) is 9.94. The summed E-state index contributed by atoms with van der Waals surface area (Å²) in [4.78, 5) is 21.6. The Morgan fingerprint density at radius 1 is 1.44 bits per heavy atom. The molecule has 0 aliphatic carbocycles. The summed E-state index contributed by atoms with van der Waals surface area (Å²) in [6.07, 6.45) is 4.06. The number of hydrogen-bond donors (Lipinski definition) is 2. The minimum Gasteiger partial charge on any atom is -0.478 e. The lowest BCUT2D eigenvalue weighted by atomic mass is 10.1. The largest absolute Gasteiger partial charge is 0.478 e. The molecule has 4 nitrogen and oxygen atoms in total. The van der Waals surface area contributed by atoms with Gasteiger partial charge in [-0.15, -0.1) is 0 Å². The minimum atomic E-state index is -1.01. The summed E-state index contributed by atoms with van der Waals surface area (Å²) in [6, 6.07) is 4.74. The molecule has 2 N–H and O–H groups in total. The molecular formula is C13H14ClNO3. The Kier molecular flexibility index (Phi) is 5.39. The SMILES string of the molecule is CC(=O)NCCC=Cc1c(Cl)cccc1C(=O)O. The van der Waals surface area contributed by atoms with Gasteiger partial charge in [0.2, 0.25) is 5.91 Å². The summed E-state index contributed by atoms with van der Waals surface area (Å²) in [7, 11) is 0. The van der Waals surface area contributed by atoms with Gasteiger partial charge < -0.3 is 10.4 Å². The van der Waals surface area contributed by atoms with E-state index in [1.165, 1.54) is 13.0 Å². The van der Waals surface area contributed by atoms with E-state index in [1.54, 1.807) is 24.3 Å². The van der Waals surface area contributed by atoms with Gasteiger partial charge in [0.15, 0.2) is 0 Å². The smallest absolute Gasteiger partial charge is 0.336 e. The molecule has 0 unspecified atom stereocenters. The van der Waals surface area contributed by atoms with E-state index in [2.05, 4.69) is 5.32 Å². The van der Waals surface area contributed by atoms with Crippen molar-refractivity contribution < 1.29 is 14.7 Å². The number of benzene rings is 1. The highest BCUT2D eigenvalue weighted by atomic mass is 35.5. The number of nitrogens with one attached hydrogen (secondary N) is 1. The molecule has 5 heteroatoms. The Hall–Kier alpha value is -1.81. The van der Waals surface area contributed by atoms with Gasteiger partial charge in [-0.2, -0.15) is 0 Å². The molecule has 1 aromatic carbocycles. The molecule has 0 saturated carbocycles. The fraction of sp³-hybridized carbons (Fsp3) is 0.231. The second-order valence-corrected chi connectivity index (χ2v) is 4.09. The molecule has 0 spiro atoms. The maximum Gasteiger partial charge on any atom is 0.336 e. The summed E-state index contributed by atoms with van der Waals surface area (Å²) < 4.78 is 0. The van der Waals surface area contributed by atoms with Crippen molar-refractivity contribution >= 4 is 29.6 Å². The summed E-state index contributed by atoms with van der Waals surface area (Å²) in [5.74, 6) is -1.11. The molecule has 0 atom stereocenters. The van der Waals surface area contributed by atoms with E-state index in [-0.39, 0.29) is 11.5 Å². The van der Waals surface area contributed by atoms with Crippen molar-refractivity contribution in [2.45, 2.75) is 13.3 Å². The highest BCUT2D eigenvalue weighted by molar-refractivity contribution is 6.32. The van der Waals surface area contributed by atoms with Crippen LogP contribution in [0.4, 0.5) is 0 Å². The fourth-order valence-electron chi connectivity index (χ4n) is 1.43. The molecule has 1 amide bonds. The number of aromatic carboxylic acids is 1. The van der Waals surface area contributed by atoms with Crippen molar-refractivity contribution in [2.75, 3.05) is 6.54 Å². The van der Waals surface area contributed by atoms with Crippen molar-refractivity contribution in [3.8, 4) is 0 Å². The lowest BCUT2D eigenvalue weighted by molar-refractivity contribution is -0.118. The third-order valence-electron chi connectivity index (χ3n) is 2.25. The maximum atomic E-state index is 11.0. The van der Waals surface area contributed by atoms with E-state index in [4.69, 9.17) is 16.7 Å². The lowest BCUT2D eigenvalue weighted by Crippen LogP contribution is -2.20. The lowest BCUT2D eigenvalue weighted by Gasteiger charge is -2.03. The third kappa shape index (κ3) is 4.22. The number of carboxylic acids is 1. The van der Waals surface area contributed by atoms with Crippen LogP contribution in [0.5, 0.6) is 0 Å². The Morgan fingerprint density at radius 3 is 2.78 bits per heavy atom. The first-order chi connectivity index (χ1) is 8.52. The first kappa shape index (κ1) is 14.3. The van der Waals surface area contributed by atoms with Crippen molar-refractivity contribution in [1.82, 2.24) is 5.32 Å². The maximum absolute atomic E-state index is 11.0. The topological polar surface area (TPSA) is 66.4 Å². The van der Waals surface area contributed by atoms with E-state index in [1.807, 2.05) is 0 Å². The molecule has 0 heterocycles. The average molecular weight is 268 g/mol. The Morgan fingerprint density at radius 2 is 2.17 bits per heavy atom. The monoisotopic (exact) mass is 267 g/mol. The van der Waals surface area contributed by atoms with E-state index in [0.29, 0.717) is 23.6 Å². The molecular weight excluding hydrogens is 254 g/mol. The molecule has 0 aliphatic heterocycles. The predicted molar refractivity (Wildman–Crippen MR) is 70.7 cm³/mol. The molecule has 0 saturated heterocycles. The van der Waals surface area contributed by atoms with Crippen molar-refractivity contribution in [3.63, 3.8) is 0 Å². The van der Waals surface area contributed by atoms with Gasteiger partial charge in [0.05, 0.1) is 5.56 Å². The minimum absolute atomic E-state index is 0.0904. The number of carboxylic acid groups (broad SMARTS) is 1. The molecule has 1 aromatic rings. The Bertz CT molecular complexity index is 483. The molecule has 0 bridgehead atoms. The number of rotatable bonds is 5. The van der Waals surface area contributed by atoms with E-state index < -0.39 is 5.97 Å². The van der Waals surface area contributed by atoms with Gasteiger partial charge in [0.25, 0.3) is 0 Å². The second-order valence-electron chi connectivity index (χ2n) is 3.68. The number of halogens is 1. The predicted octanol–water partition coefficient (Wildman–Crippen LogP) is 2.58. The van der Waals surface area contributed by atoms with Crippen LogP contribution in [-0.2, 0) is 4.79 Å². The van der Waals surface area contributed by atoms with E-state index >= 15 is 0 Å². The van der Waals surface area contributed by atoms with Gasteiger partial charge in [-0.25, -0.2) is 4.79 Å². The Labute approximate surface area is 110 Å². The molecule has 0 fully saturated rings. The van der Waals surface area contributed by atoms with Crippen molar-refractivity contribution in [1.29, 1.82) is 0 Å². The fourth-order valence-corrected chi connectivity index (χ4v) is 1.66. The quantitative estimate of drug-likeness (QED) is 0.806. The molecule has 0 radical (unpaired) electrons. The van der Waals surface area contributed by atoms with E-state index in [0.717, 1.165) is 0 Å². The number of carbonyl (C=O) groups excluding carboxylic acids is 1. The van der Waals surface area contributed by atoms with Gasteiger partial charge in [0.1, 0.15) is 0 Å². The number of amides is 1. The van der Waals surface area contributed by atoms with Crippen LogP contribution in [0.25, 0.3) is 6.08 Å². The first-order valence-corrected chi connectivity index (χ1v) is 5.83. The number of hydrogen-bond acceptors (Lipinski definition) is 2. The normalized spacial score (nSPS) is 10.6. The summed E-state index contributed by atoms with van der Waals surface area (Å²) in [6.45, 7) is 1.96. The average Bonchev–Trinajstić information content (AvgIpc) is 2.29. The van der Waals surface area contributed by atoms with Crippen LogP contribution in [0, 0.1) is 0 Å². The van der Waals surface area contributed by atoms with Crippen LogP contribution in [0.1, 0.15) is 29.3 Å². The van der Waals surface area contributed by atoms with Gasteiger partial charge in [0, 0.05) is 24.1 Å². The van der Waals surface area contributed by atoms with Crippen LogP contribution in [0.2, 0.25) is 5.02 Å².